The topological polar surface area (TPSA) is 65.4 Å². The Morgan fingerprint density at radius 2 is 2.17 bits per heavy atom. The number of hydrogen-bond acceptors (Lipinski definition) is 4. The third kappa shape index (κ3) is 1.66. The average molecular weight is 240 g/mol. The highest BCUT2D eigenvalue weighted by atomic mass is 16.5. The molecule has 90 valence electrons. The highest BCUT2D eigenvalue weighted by Gasteiger charge is 2.08. The summed E-state index contributed by atoms with van der Waals surface area (Å²) in [6.07, 6.45) is 3.57. The number of rotatable bonds is 2. The Morgan fingerprint density at radius 1 is 1.28 bits per heavy atom. The lowest BCUT2D eigenvalue weighted by atomic mass is 10.1. The van der Waals surface area contributed by atoms with Gasteiger partial charge in [0.05, 0.1) is 13.3 Å². The van der Waals surface area contributed by atoms with Gasteiger partial charge in [0.1, 0.15) is 11.6 Å². The highest BCUT2D eigenvalue weighted by molar-refractivity contribution is 5.78. The van der Waals surface area contributed by atoms with Crippen LogP contribution < -0.4 is 10.5 Å². The quantitative estimate of drug-likeness (QED) is 0.744. The molecule has 0 radical (unpaired) electrons. The van der Waals surface area contributed by atoms with E-state index < -0.39 is 0 Å². The van der Waals surface area contributed by atoms with Crippen LogP contribution in [-0.4, -0.2) is 21.7 Å². The predicted molar refractivity (Wildman–Crippen MR) is 69.4 cm³/mol. The monoisotopic (exact) mass is 240 g/mol. The molecule has 0 aliphatic heterocycles. The molecule has 2 heterocycles. The smallest absolute Gasteiger partial charge is 0.165 e. The van der Waals surface area contributed by atoms with Crippen LogP contribution in [-0.2, 0) is 0 Å². The van der Waals surface area contributed by atoms with Gasteiger partial charge in [-0.1, -0.05) is 12.1 Å². The van der Waals surface area contributed by atoms with Gasteiger partial charge >= 0.3 is 0 Å². The zero-order chi connectivity index (χ0) is 12.5. The zero-order valence-electron chi connectivity index (χ0n) is 9.87. The molecule has 0 aliphatic carbocycles. The summed E-state index contributed by atoms with van der Waals surface area (Å²) in [7, 11) is 1.64. The zero-order valence-corrected chi connectivity index (χ0v) is 9.87. The maximum Gasteiger partial charge on any atom is 0.165 e. The minimum atomic E-state index is 0.479. The molecule has 0 amide bonds. The standard InChI is InChI=1S/C13H12N4O/c1-18-10-4-2-3-9(7-10)11-8-15-17-6-5-12(14)16-13(11)17/h2-8H,1H3,(H2,14,16). The third-order valence-corrected chi connectivity index (χ3v) is 2.77. The van der Waals surface area contributed by atoms with E-state index in [0.717, 1.165) is 22.5 Å². The number of benzene rings is 1. The van der Waals surface area contributed by atoms with Crippen molar-refractivity contribution >= 4 is 11.5 Å². The fourth-order valence-electron chi connectivity index (χ4n) is 1.88. The molecule has 0 atom stereocenters. The number of nitrogen functional groups attached to an aromatic ring is 1. The summed E-state index contributed by atoms with van der Waals surface area (Å²) in [6.45, 7) is 0. The van der Waals surface area contributed by atoms with Crippen LogP contribution in [0.15, 0.2) is 42.7 Å². The van der Waals surface area contributed by atoms with Gasteiger partial charge in [0.25, 0.3) is 0 Å². The van der Waals surface area contributed by atoms with E-state index in [1.54, 1.807) is 30.1 Å². The van der Waals surface area contributed by atoms with Crippen LogP contribution in [0, 0.1) is 0 Å². The summed E-state index contributed by atoms with van der Waals surface area (Å²) in [5.74, 6) is 1.28. The molecule has 5 heteroatoms. The number of methoxy groups -OCH3 is 1. The second-order valence-corrected chi connectivity index (χ2v) is 3.91. The lowest BCUT2D eigenvalue weighted by molar-refractivity contribution is 0.415. The van der Waals surface area contributed by atoms with Crippen LogP contribution in [0.1, 0.15) is 0 Å². The van der Waals surface area contributed by atoms with Crippen LogP contribution in [0.2, 0.25) is 0 Å². The molecular formula is C13H12N4O. The van der Waals surface area contributed by atoms with Gasteiger partial charge in [-0.25, -0.2) is 9.50 Å². The summed E-state index contributed by atoms with van der Waals surface area (Å²) in [6, 6.07) is 9.49. The van der Waals surface area contributed by atoms with Gasteiger partial charge in [-0.2, -0.15) is 5.10 Å². The van der Waals surface area contributed by atoms with Crippen LogP contribution in [0.4, 0.5) is 5.82 Å². The highest BCUT2D eigenvalue weighted by Crippen LogP contribution is 2.26. The first-order chi connectivity index (χ1) is 8.78. The van der Waals surface area contributed by atoms with E-state index in [1.807, 2.05) is 24.3 Å². The van der Waals surface area contributed by atoms with Crippen molar-refractivity contribution in [1.29, 1.82) is 0 Å². The van der Waals surface area contributed by atoms with Crippen LogP contribution in [0.5, 0.6) is 5.75 Å². The molecule has 0 spiro atoms. The molecule has 3 rings (SSSR count). The first-order valence-corrected chi connectivity index (χ1v) is 5.52. The third-order valence-electron chi connectivity index (χ3n) is 2.77. The number of ether oxygens (including phenoxy) is 1. The van der Waals surface area contributed by atoms with Crippen molar-refractivity contribution in [2.24, 2.45) is 0 Å². The molecule has 0 fully saturated rings. The second-order valence-electron chi connectivity index (χ2n) is 3.91. The largest absolute Gasteiger partial charge is 0.497 e. The Balaban J connectivity index is 2.21. The second kappa shape index (κ2) is 4.03. The number of fused-ring (bicyclic) bond motifs is 1. The molecule has 1 aromatic carbocycles. The Morgan fingerprint density at radius 3 is 3.00 bits per heavy atom. The fourth-order valence-corrected chi connectivity index (χ4v) is 1.88. The number of aromatic nitrogens is 3. The fraction of sp³-hybridized carbons (Fsp3) is 0.0769. The van der Waals surface area contributed by atoms with E-state index in [1.165, 1.54) is 0 Å². The summed E-state index contributed by atoms with van der Waals surface area (Å²) in [5.41, 5.74) is 8.38. The molecule has 3 aromatic rings. The predicted octanol–water partition coefficient (Wildman–Crippen LogP) is 1.99. The number of nitrogens with two attached hydrogens (primary N) is 1. The van der Waals surface area contributed by atoms with Gasteiger partial charge in [-0.05, 0) is 23.8 Å². The summed E-state index contributed by atoms with van der Waals surface area (Å²) < 4.78 is 6.92. The van der Waals surface area contributed by atoms with E-state index in [4.69, 9.17) is 10.5 Å². The normalized spacial score (nSPS) is 10.7. The Labute approximate surface area is 104 Å². The maximum atomic E-state index is 5.71. The van der Waals surface area contributed by atoms with Crippen LogP contribution >= 0.6 is 0 Å². The first kappa shape index (κ1) is 10.6. The molecule has 0 aliphatic rings. The van der Waals surface area contributed by atoms with Crippen molar-refractivity contribution in [3.05, 3.63) is 42.7 Å². The lowest BCUT2D eigenvalue weighted by Crippen LogP contribution is -1.95. The molecule has 2 aromatic heterocycles. The Hall–Kier alpha value is -2.56. The number of hydrogen-bond donors (Lipinski definition) is 1. The van der Waals surface area contributed by atoms with Gasteiger partial charge < -0.3 is 10.5 Å². The first-order valence-electron chi connectivity index (χ1n) is 5.52. The van der Waals surface area contributed by atoms with Gasteiger partial charge in [-0.3, -0.25) is 0 Å². The molecule has 0 saturated heterocycles. The molecule has 0 saturated carbocycles. The minimum absolute atomic E-state index is 0.479. The van der Waals surface area contributed by atoms with E-state index in [9.17, 15) is 0 Å². The average Bonchev–Trinajstić information content (AvgIpc) is 2.81. The summed E-state index contributed by atoms with van der Waals surface area (Å²) >= 11 is 0. The van der Waals surface area contributed by atoms with E-state index in [-0.39, 0.29) is 0 Å². The van der Waals surface area contributed by atoms with E-state index in [2.05, 4.69) is 10.1 Å². The van der Waals surface area contributed by atoms with Crippen molar-refractivity contribution in [1.82, 2.24) is 14.6 Å². The molecule has 18 heavy (non-hydrogen) atoms. The van der Waals surface area contributed by atoms with Crippen molar-refractivity contribution in [2.75, 3.05) is 12.8 Å². The van der Waals surface area contributed by atoms with Gasteiger partial charge in [-0.15, -0.1) is 0 Å². The molecule has 0 unspecified atom stereocenters. The van der Waals surface area contributed by atoms with Crippen molar-refractivity contribution in [3.63, 3.8) is 0 Å². The molecule has 0 bridgehead atoms. The van der Waals surface area contributed by atoms with Gasteiger partial charge in [0.15, 0.2) is 5.65 Å². The van der Waals surface area contributed by atoms with Crippen molar-refractivity contribution < 1.29 is 4.74 Å². The molecule has 5 nitrogen and oxygen atoms in total. The van der Waals surface area contributed by atoms with E-state index in [0.29, 0.717) is 5.82 Å². The number of nitrogens with zero attached hydrogens (tertiary/aromatic N) is 3. The van der Waals surface area contributed by atoms with Crippen molar-refractivity contribution in [3.8, 4) is 16.9 Å². The Kier molecular flexibility index (Phi) is 2.37. The van der Waals surface area contributed by atoms with Crippen LogP contribution in [0.25, 0.3) is 16.8 Å². The lowest BCUT2D eigenvalue weighted by Gasteiger charge is -2.03. The Bertz CT molecular complexity index is 705. The van der Waals surface area contributed by atoms with Crippen LogP contribution in [0.3, 0.4) is 0 Å². The van der Waals surface area contributed by atoms with Gasteiger partial charge in [0.2, 0.25) is 0 Å². The number of anilines is 1. The molecule has 2 N–H and O–H groups in total. The SMILES string of the molecule is COc1cccc(-c2cnn3ccc(N)nc23)c1. The summed E-state index contributed by atoms with van der Waals surface area (Å²) in [5, 5.41) is 4.25. The molecular weight excluding hydrogens is 228 g/mol. The van der Waals surface area contributed by atoms with E-state index >= 15 is 0 Å². The van der Waals surface area contributed by atoms with Crippen molar-refractivity contribution in [2.45, 2.75) is 0 Å². The maximum absolute atomic E-state index is 5.71. The van der Waals surface area contributed by atoms with Gasteiger partial charge in [0, 0.05) is 11.8 Å². The minimum Gasteiger partial charge on any atom is -0.497 e. The summed E-state index contributed by atoms with van der Waals surface area (Å²) in [4.78, 5) is 4.30.